The molecule has 2 heterocycles. The van der Waals surface area contributed by atoms with Crippen molar-refractivity contribution in [2.75, 3.05) is 0 Å². The van der Waals surface area contributed by atoms with Gasteiger partial charge in [-0.05, 0) is 13.8 Å². The molecular formula is C12H11F5N4O2. The van der Waals surface area contributed by atoms with Crippen LogP contribution in [0.15, 0.2) is 10.6 Å². The van der Waals surface area contributed by atoms with Gasteiger partial charge in [0.05, 0.1) is 12.2 Å². The molecule has 2 N–H and O–H groups in total. The molecule has 2 aromatic rings. The molecule has 0 saturated carbocycles. The van der Waals surface area contributed by atoms with Crippen LogP contribution in [0.5, 0.6) is 0 Å². The minimum Gasteiger partial charge on any atom is -0.354 e. The molecule has 126 valence electrons. The molecule has 0 radical (unpaired) electrons. The summed E-state index contributed by atoms with van der Waals surface area (Å²) in [6, 6.07) is 0.437. The number of hydrogen-bond donors (Lipinski definition) is 2. The van der Waals surface area contributed by atoms with E-state index in [9.17, 15) is 26.7 Å². The van der Waals surface area contributed by atoms with E-state index in [2.05, 4.69) is 25.0 Å². The number of nitrogens with one attached hydrogen (secondary N) is 2. The predicted octanol–water partition coefficient (Wildman–Crippen LogP) is 2.60. The Hall–Kier alpha value is -2.46. The van der Waals surface area contributed by atoms with Crippen molar-refractivity contribution in [3.8, 4) is 0 Å². The third-order valence-electron chi connectivity index (χ3n) is 3.00. The van der Waals surface area contributed by atoms with E-state index in [0.717, 1.165) is 0 Å². The highest BCUT2D eigenvalue weighted by Gasteiger charge is 2.61. The number of aromatic amines is 1. The number of imidazole rings is 1. The molecule has 23 heavy (non-hydrogen) atoms. The van der Waals surface area contributed by atoms with E-state index in [1.54, 1.807) is 13.8 Å². The fraction of sp³-hybridized carbons (Fsp3) is 0.417. The first-order valence-corrected chi connectivity index (χ1v) is 6.24. The predicted molar refractivity (Wildman–Crippen MR) is 65.7 cm³/mol. The van der Waals surface area contributed by atoms with Crippen LogP contribution >= 0.6 is 0 Å². The van der Waals surface area contributed by atoms with Gasteiger partial charge in [0.1, 0.15) is 5.69 Å². The largest absolute Gasteiger partial charge is 0.461 e. The number of alkyl halides is 5. The number of aryl methyl sites for hydroxylation is 2. The first-order valence-electron chi connectivity index (χ1n) is 6.24. The number of carbonyl (C=O) groups is 1. The Morgan fingerprint density at radius 2 is 1.96 bits per heavy atom. The Bertz CT molecular complexity index is 700. The van der Waals surface area contributed by atoms with Crippen LogP contribution in [-0.2, 0) is 12.5 Å². The number of aromatic nitrogens is 3. The second kappa shape index (κ2) is 5.63. The third kappa shape index (κ3) is 3.32. The zero-order valence-corrected chi connectivity index (χ0v) is 11.9. The van der Waals surface area contributed by atoms with Crippen LogP contribution in [0.1, 0.15) is 33.5 Å². The zero-order chi connectivity index (χ0) is 17.4. The Balaban J connectivity index is 2.04. The van der Waals surface area contributed by atoms with Crippen molar-refractivity contribution in [1.82, 2.24) is 20.4 Å². The molecule has 1 amide bonds. The van der Waals surface area contributed by atoms with Crippen molar-refractivity contribution in [2.24, 2.45) is 0 Å². The molecule has 0 aliphatic carbocycles. The topological polar surface area (TPSA) is 83.8 Å². The number of amides is 1. The quantitative estimate of drug-likeness (QED) is 0.840. The lowest BCUT2D eigenvalue weighted by atomic mass is 10.2. The van der Waals surface area contributed by atoms with Crippen molar-refractivity contribution in [3.63, 3.8) is 0 Å². The molecule has 0 fully saturated rings. The lowest BCUT2D eigenvalue weighted by Gasteiger charge is -2.15. The molecule has 0 bridgehead atoms. The molecule has 0 aliphatic rings. The van der Waals surface area contributed by atoms with Gasteiger partial charge in [-0.2, -0.15) is 22.0 Å². The number of halogens is 5. The summed E-state index contributed by atoms with van der Waals surface area (Å²) in [6.07, 6.45) is -5.80. The molecule has 0 atom stereocenters. The molecule has 2 rings (SSSR count). The van der Waals surface area contributed by atoms with Gasteiger partial charge < -0.3 is 14.8 Å². The van der Waals surface area contributed by atoms with E-state index >= 15 is 0 Å². The van der Waals surface area contributed by atoms with Gasteiger partial charge >= 0.3 is 12.1 Å². The fourth-order valence-electron chi connectivity index (χ4n) is 1.59. The van der Waals surface area contributed by atoms with Crippen molar-refractivity contribution >= 4 is 5.91 Å². The number of carbonyl (C=O) groups excluding carboxylic acids is 1. The second-order valence-electron chi connectivity index (χ2n) is 4.73. The van der Waals surface area contributed by atoms with Gasteiger partial charge in [-0.3, -0.25) is 4.79 Å². The maximum absolute atomic E-state index is 13.0. The summed E-state index contributed by atoms with van der Waals surface area (Å²) in [4.78, 5) is 18.4. The molecule has 0 aliphatic heterocycles. The summed E-state index contributed by atoms with van der Waals surface area (Å²) in [6.45, 7) is 2.98. The van der Waals surface area contributed by atoms with E-state index < -0.39 is 30.3 Å². The van der Waals surface area contributed by atoms with Gasteiger partial charge in [0, 0.05) is 11.8 Å². The summed E-state index contributed by atoms with van der Waals surface area (Å²) in [7, 11) is 0. The van der Waals surface area contributed by atoms with Crippen LogP contribution in [0.3, 0.4) is 0 Å². The van der Waals surface area contributed by atoms with Crippen LogP contribution in [0, 0.1) is 13.8 Å². The summed E-state index contributed by atoms with van der Waals surface area (Å²) < 4.78 is 66.6. The highest BCUT2D eigenvalue weighted by atomic mass is 19.4. The average Bonchev–Trinajstić information content (AvgIpc) is 3.03. The Morgan fingerprint density at radius 1 is 1.30 bits per heavy atom. The van der Waals surface area contributed by atoms with E-state index in [4.69, 9.17) is 0 Å². The number of nitrogens with zero attached hydrogens (tertiary/aromatic N) is 2. The molecule has 11 heteroatoms. The van der Waals surface area contributed by atoms with Gasteiger partial charge in [0.15, 0.2) is 5.82 Å². The van der Waals surface area contributed by atoms with Crippen LogP contribution in [0.2, 0.25) is 0 Å². The van der Waals surface area contributed by atoms with Crippen molar-refractivity contribution in [3.05, 3.63) is 34.7 Å². The number of rotatable bonds is 4. The SMILES string of the molecule is Cc1nc(C(=O)NCc2cc(C(F)(F)C(F)(F)F)on2)[nH]c1C. The average molecular weight is 338 g/mol. The van der Waals surface area contributed by atoms with Crippen LogP contribution < -0.4 is 5.32 Å². The Kier molecular flexibility index (Phi) is 4.14. The summed E-state index contributed by atoms with van der Waals surface area (Å²) >= 11 is 0. The summed E-state index contributed by atoms with van der Waals surface area (Å²) in [5, 5.41) is 5.36. The lowest BCUT2D eigenvalue weighted by molar-refractivity contribution is -0.296. The number of hydrogen-bond acceptors (Lipinski definition) is 4. The maximum Gasteiger partial charge on any atom is 0.461 e. The van der Waals surface area contributed by atoms with Gasteiger partial charge in [-0.25, -0.2) is 4.98 Å². The molecule has 6 nitrogen and oxygen atoms in total. The standard InChI is InChI=1S/C12H11F5N4O2/c1-5-6(2)20-9(19-5)10(22)18-4-7-3-8(23-21-7)11(13,14)12(15,16)17/h3H,4H2,1-2H3,(H,18,22)(H,19,20). The van der Waals surface area contributed by atoms with Gasteiger partial charge in [-0.1, -0.05) is 5.16 Å². The maximum atomic E-state index is 13.0. The first kappa shape index (κ1) is 16.9. The van der Waals surface area contributed by atoms with Crippen LogP contribution in [0.4, 0.5) is 22.0 Å². The third-order valence-corrected chi connectivity index (χ3v) is 3.00. The molecule has 0 saturated heterocycles. The highest BCUT2D eigenvalue weighted by Crippen LogP contribution is 2.43. The summed E-state index contributed by atoms with van der Waals surface area (Å²) in [5.74, 6) is -7.46. The van der Waals surface area contributed by atoms with Crippen molar-refractivity contribution in [1.29, 1.82) is 0 Å². The van der Waals surface area contributed by atoms with Gasteiger partial charge in [0.25, 0.3) is 5.91 Å². The zero-order valence-electron chi connectivity index (χ0n) is 11.9. The monoisotopic (exact) mass is 338 g/mol. The van der Waals surface area contributed by atoms with Gasteiger partial charge in [-0.15, -0.1) is 0 Å². The van der Waals surface area contributed by atoms with Crippen LogP contribution in [0.25, 0.3) is 0 Å². The normalized spacial score (nSPS) is 12.5. The van der Waals surface area contributed by atoms with E-state index in [1.165, 1.54) is 0 Å². The van der Waals surface area contributed by atoms with E-state index in [0.29, 0.717) is 17.5 Å². The van der Waals surface area contributed by atoms with Crippen molar-refractivity contribution in [2.45, 2.75) is 32.5 Å². The smallest absolute Gasteiger partial charge is 0.354 e. The Labute approximate surface area is 126 Å². The molecule has 0 spiro atoms. The second-order valence-corrected chi connectivity index (χ2v) is 4.73. The highest BCUT2D eigenvalue weighted by molar-refractivity contribution is 5.90. The van der Waals surface area contributed by atoms with E-state index in [1.807, 2.05) is 0 Å². The Morgan fingerprint density at radius 3 is 2.48 bits per heavy atom. The van der Waals surface area contributed by atoms with Crippen LogP contribution in [-0.4, -0.2) is 27.2 Å². The summed E-state index contributed by atoms with van der Waals surface area (Å²) in [5.41, 5.74) is 0.990. The number of H-pyrrole nitrogens is 1. The van der Waals surface area contributed by atoms with Crippen molar-refractivity contribution < 1.29 is 31.3 Å². The van der Waals surface area contributed by atoms with E-state index in [-0.39, 0.29) is 11.5 Å². The first-order chi connectivity index (χ1) is 10.5. The lowest BCUT2D eigenvalue weighted by Crippen LogP contribution is -2.33. The minimum absolute atomic E-state index is 0.00987. The molecular weight excluding hydrogens is 327 g/mol. The molecule has 2 aromatic heterocycles. The molecule has 0 unspecified atom stereocenters. The minimum atomic E-state index is -5.80. The molecule has 0 aromatic carbocycles. The fourth-order valence-corrected chi connectivity index (χ4v) is 1.59. The van der Waals surface area contributed by atoms with Gasteiger partial charge in [0.2, 0.25) is 5.76 Å².